The van der Waals surface area contributed by atoms with Crippen molar-refractivity contribution in [1.82, 2.24) is 15.6 Å². The molecule has 1 rings (SSSR count). The fourth-order valence-corrected chi connectivity index (χ4v) is 1.68. The summed E-state index contributed by atoms with van der Waals surface area (Å²) in [4.78, 5) is 26.4. The molecule has 0 spiro atoms. The number of H-pyrrole nitrogens is 1. The number of ether oxygens (including phenoxy) is 1. The van der Waals surface area contributed by atoms with Gasteiger partial charge in [-0.2, -0.15) is 0 Å². The molecular formula is C14H22ClN3O3. The topological polar surface area (TPSA) is 83.2 Å². The zero-order valence-corrected chi connectivity index (χ0v) is 13.7. The van der Waals surface area contributed by atoms with Crippen LogP contribution in [0.2, 0.25) is 5.02 Å². The Morgan fingerprint density at radius 3 is 2.38 bits per heavy atom. The Bertz CT molecular complexity index is 518. The van der Waals surface area contributed by atoms with Crippen molar-refractivity contribution in [3.05, 3.63) is 23.0 Å². The predicted molar refractivity (Wildman–Crippen MR) is 81.6 cm³/mol. The molecule has 0 aliphatic rings. The molecule has 1 aromatic heterocycles. The molecule has 6 nitrogen and oxygen atoms in total. The maximum atomic E-state index is 11.9. The van der Waals surface area contributed by atoms with Crippen molar-refractivity contribution in [2.24, 2.45) is 0 Å². The van der Waals surface area contributed by atoms with Gasteiger partial charge in [-0.05, 0) is 40.7 Å². The fraction of sp³-hybridized carbons (Fsp3) is 0.571. The Hall–Kier alpha value is -1.69. The van der Waals surface area contributed by atoms with E-state index < -0.39 is 17.2 Å². The molecule has 7 heteroatoms. The van der Waals surface area contributed by atoms with E-state index in [0.717, 1.165) is 0 Å². The largest absolute Gasteiger partial charge is 0.444 e. The van der Waals surface area contributed by atoms with Crippen LogP contribution in [-0.4, -0.2) is 34.7 Å². The minimum atomic E-state index is -0.644. The normalized spacial score (nSPS) is 11.9. The van der Waals surface area contributed by atoms with E-state index in [1.54, 1.807) is 34.6 Å². The number of alkyl carbamates (subject to hydrolysis) is 1. The lowest BCUT2D eigenvalue weighted by atomic mass is 10.1. The third-order valence-corrected chi connectivity index (χ3v) is 2.64. The van der Waals surface area contributed by atoms with E-state index in [2.05, 4.69) is 15.6 Å². The van der Waals surface area contributed by atoms with Crippen molar-refractivity contribution in [2.75, 3.05) is 6.54 Å². The zero-order valence-electron chi connectivity index (χ0n) is 13.0. The van der Waals surface area contributed by atoms with Crippen LogP contribution in [0.5, 0.6) is 0 Å². The van der Waals surface area contributed by atoms with Gasteiger partial charge < -0.3 is 20.4 Å². The summed E-state index contributed by atoms with van der Waals surface area (Å²) in [6.45, 7) is 9.20. The first kappa shape index (κ1) is 17.4. The van der Waals surface area contributed by atoms with Crippen LogP contribution in [0, 0.1) is 0 Å². The fourth-order valence-electron chi connectivity index (χ4n) is 1.52. The summed E-state index contributed by atoms with van der Waals surface area (Å²) in [6, 6.07) is 1.53. The summed E-state index contributed by atoms with van der Waals surface area (Å²) < 4.78 is 5.18. The van der Waals surface area contributed by atoms with Gasteiger partial charge >= 0.3 is 6.09 Å². The third kappa shape index (κ3) is 6.53. The highest BCUT2D eigenvalue weighted by Gasteiger charge is 2.25. The summed E-state index contributed by atoms with van der Waals surface area (Å²) in [6.07, 6.45) is 1.00. The number of nitrogens with one attached hydrogen (secondary N) is 3. The molecule has 0 saturated carbocycles. The highest BCUT2D eigenvalue weighted by Crippen LogP contribution is 2.11. The van der Waals surface area contributed by atoms with Crippen LogP contribution in [0.15, 0.2) is 12.3 Å². The molecule has 0 fully saturated rings. The molecule has 0 atom stereocenters. The van der Waals surface area contributed by atoms with Crippen molar-refractivity contribution < 1.29 is 14.3 Å². The number of hydrogen-bond acceptors (Lipinski definition) is 3. The van der Waals surface area contributed by atoms with Crippen LogP contribution in [0.3, 0.4) is 0 Å². The maximum absolute atomic E-state index is 11.9. The highest BCUT2D eigenvalue weighted by molar-refractivity contribution is 6.30. The zero-order chi connectivity index (χ0) is 16.3. The molecular weight excluding hydrogens is 294 g/mol. The number of amides is 2. The lowest BCUT2D eigenvalue weighted by Crippen LogP contribution is -2.52. The molecule has 0 unspecified atom stereocenters. The second kappa shape index (κ2) is 6.39. The standard InChI is InChI=1S/C14H22ClN3O3/c1-13(2,3)21-12(20)18-14(4,5)8-17-11(19)10-6-9(15)7-16-10/h6-7,16H,8H2,1-5H3,(H,17,19)(H,18,20). The maximum Gasteiger partial charge on any atom is 0.408 e. The van der Waals surface area contributed by atoms with Gasteiger partial charge in [-0.15, -0.1) is 0 Å². The van der Waals surface area contributed by atoms with E-state index in [1.165, 1.54) is 12.3 Å². The summed E-state index contributed by atoms with van der Waals surface area (Å²) in [7, 11) is 0. The first-order chi connectivity index (χ1) is 9.48. The van der Waals surface area contributed by atoms with Gasteiger partial charge in [0, 0.05) is 12.7 Å². The van der Waals surface area contributed by atoms with Gasteiger partial charge in [-0.3, -0.25) is 4.79 Å². The average Bonchev–Trinajstić information content (AvgIpc) is 2.69. The number of hydrogen-bond donors (Lipinski definition) is 3. The predicted octanol–water partition coefficient (Wildman–Crippen LogP) is 2.70. The number of carbonyl (C=O) groups is 2. The van der Waals surface area contributed by atoms with Crippen LogP contribution in [0.25, 0.3) is 0 Å². The van der Waals surface area contributed by atoms with Gasteiger partial charge in [0.25, 0.3) is 5.91 Å². The molecule has 0 bridgehead atoms. The van der Waals surface area contributed by atoms with Gasteiger partial charge in [0.15, 0.2) is 0 Å². The summed E-state index contributed by atoms with van der Waals surface area (Å²) in [5.41, 5.74) is -0.841. The molecule has 0 aliphatic heterocycles. The number of aromatic amines is 1. The molecule has 21 heavy (non-hydrogen) atoms. The molecule has 1 aromatic rings. The molecule has 3 N–H and O–H groups in total. The first-order valence-corrected chi connectivity index (χ1v) is 7.00. The van der Waals surface area contributed by atoms with E-state index in [-0.39, 0.29) is 12.5 Å². The number of rotatable bonds is 4. The van der Waals surface area contributed by atoms with Crippen LogP contribution >= 0.6 is 11.6 Å². The van der Waals surface area contributed by atoms with Crippen LogP contribution in [-0.2, 0) is 4.74 Å². The lowest BCUT2D eigenvalue weighted by molar-refractivity contribution is 0.0469. The SMILES string of the molecule is CC(C)(CNC(=O)c1cc(Cl)c[nH]1)NC(=O)OC(C)(C)C. The second-order valence-electron chi connectivity index (χ2n) is 6.43. The van der Waals surface area contributed by atoms with Gasteiger partial charge in [-0.1, -0.05) is 11.6 Å². The summed E-state index contributed by atoms with van der Waals surface area (Å²) >= 11 is 5.74. The van der Waals surface area contributed by atoms with Gasteiger partial charge in [0.05, 0.1) is 10.6 Å². The van der Waals surface area contributed by atoms with Crippen molar-refractivity contribution in [2.45, 2.75) is 45.8 Å². The first-order valence-electron chi connectivity index (χ1n) is 6.62. The molecule has 118 valence electrons. The number of aromatic nitrogens is 1. The summed E-state index contributed by atoms with van der Waals surface area (Å²) in [5.74, 6) is -0.291. The molecule has 0 saturated heterocycles. The Balaban J connectivity index is 2.49. The van der Waals surface area contributed by atoms with Gasteiger partial charge in [0.2, 0.25) is 0 Å². The van der Waals surface area contributed by atoms with Crippen molar-refractivity contribution in [3.8, 4) is 0 Å². The number of halogens is 1. The lowest BCUT2D eigenvalue weighted by Gasteiger charge is -2.28. The minimum Gasteiger partial charge on any atom is -0.444 e. The van der Waals surface area contributed by atoms with E-state index >= 15 is 0 Å². The Labute approximate surface area is 129 Å². The van der Waals surface area contributed by atoms with E-state index in [9.17, 15) is 9.59 Å². The monoisotopic (exact) mass is 315 g/mol. The minimum absolute atomic E-state index is 0.252. The molecule has 0 aromatic carbocycles. The van der Waals surface area contributed by atoms with E-state index in [0.29, 0.717) is 10.7 Å². The molecule has 1 heterocycles. The van der Waals surface area contributed by atoms with E-state index in [4.69, 9.17) is 16.3 Å². The smallest absolute Gasteiger partial charge is 0.408 e. The van der Waals surface area contributed by atoms with Crippen LogP contribution in [0.4, 0.5) is 4.79 Å². The molecule has 2 amide bonds. The molecule has 0 aliphatic carbocycles. The van der Waals surface area contributed by atoms with Gasteiger partial charge in [0.1, 0.15) is 11.3 Å². The Morgan fingerprint density at radius 1 is 1.29 bits per heavy atom. The van der Waals surface area contributed by atoms with E-state index in [1.807, 2.05) is 0 Å². The average molecular weight is 316 g/mol. The van der Waals surface area contributed by atoms with Crippen molar-refractivity contribution in [3.63, 3.8) is 0 Å². The van der Waals surface area contributed by atoms with Crippen molar-refractivity contribution >= 4 is 23.6 Å². The second-order valence-corrected chi connectivity index (χ2v) is 6.86. The van der Waals surface area contributed by atoms with Crippen LogP contribution < -0.4 is 10.6 Å². The quantitative estimate of drug-likeness (QED) is 0.798. The van der Waals surface area contributed by atoms with Crippen LogP contribution in [0.1, 0.15) is 45.1 Å². The highest BCUT2D eigenvalue weighted by atomic mass is 35.5. The Morgan fingerprint density at radius 2 is 1.90 bits per heavy atom. The molecule has 0 radical (unpaired) electrons. The van der Waals surface area contributed by atoms with Crippen molar-refractivity contribution in [1.29, 1.82) is 0 Å². The number of carbonyl (C=O) groups excluding carboxylic acids is 2. The Kier molecular flexibility index (Phi) is 5.28. The van der Waals surface area contributed by atoms with Gasteiger partial charge in [-0.25, -0.2) is 4.79 Å². The summed E-state index contributed by atoms with van der Waals surface area (Å²) in [5, 5.41) is 5.90. The third-order valence-electron chi connectivity index (χ3n) is 2.42.